The van der Waals surface area contributed by atoms with Crippen LogP contribution in [0.3, 0.4) is 0 Å². The van der Waals surface area contributed by atoms with Gasteiger partial charge >= 0.3 is 0 Å². The molecule has 14 heavy (non-hydrogen) atoms. The van der Waals surface area contributed by atoms with Gasteiger partial charge in [0.25, 0.3) is 0 Å². The third-order valence-corrected chi connectivity index (χ3v) is 1.69. The molecule has 0 heterocycles. The van der Waals surface area contributed by atoms with Crippen molar-refractivity contribution in [3.63, 3.8) is 0 Å². The Morgan fingerprint density at radius 1 is 1.36 bits per heavy atom. The van der Waals surface area contributed by atoms with Gasteiger partial charge in [0.2, 0.25) is 5.90 Å². The lowest BCUT2D eigenvalue weighted by Crippen LogP contribution is -2.04. The maximum Gasteiger partial charge on any atom is 0.213 e. The minimum atomic E-state index is 0. The van der Waals surface area contributed by atoms with E-state index in [1.807, 2.05) is 6.92 Å². The molecule has 0 unspecified atom stereocenters. The Bertz CT molecular complexity index is 285. The molecule has 0 radical (unpaired) electrons. The fraction of sp³-hybridized carbons (Fsp3) is 0.300. The smallest absolute Gasteiger partial charge is 0.213 e. The van der Waals surface area contributed by atoms with Crippen LogP contribution in [0.25, 0.3) is 0 Å². The van der Waals surface area contributed by atoms with E-state index in [1.165, 1.54) is 0 Å². The average molecular weight is 216 g/mol. The van der Waals surface area contributed by atoms with E-state index in [-0.39, 0.29) is 24.9 Å². The van der Waals surface area contributed by atoms with Crippen LogP contribution in [0.15, 0.2) is 24.3 Å². The molecule has 2 N–H and O–H groups in total. The summed E-state index contributed by atoms with van der Waals surface area (Å²) in [4.78, 5) is 0. The Balaban J connectivity index is 0.00000169. The Hall–Kier alpha value is -1.06. The minimum absolute atomic E-state index is 0. The molecule has 0 aliphatic rings. The van der Waals surface area contributed by atoms with E-state index in [9.17, 15) is 0 Å². The quantitative estimate of drug-likeness (QED) is 0.598. The molecular formula is C10H14ClNO2. The number of rotatable bonds is 3. The van der Waals surface area contributed by atoms with Gasteiger partial charge in [0.15, 0.2) is 0 Å². The largest absolute Gasteiger partial charge is 0.478 e. The van der Waals surface area contributed by atoms with Crippen molar-refractivity contribution in [2.75, 3.05) is 6.61 Å². The Morgan fingerprint density at radius 3 is 2.36 bits per heavy atom. The lowest BCUT2D eigenvalue weighted by Gasteiger charge is -2.04. The summed E-state index contributed by atoms with van der Waals surface area (Å²) in [6, 6.07) is 7.10. The summed E-state index contributed by atoms with van der Waals surface area (Å²) in [5, 5.41) is 16.3. The third kappa shape index (κ3) is 3.36. The molecule has 0 saturated heterocycles. The Kier molecular flexibility index (Phi) is 5.92. The molecule has 0 aliphatic carbocycles. The number of aliphatic hydroxyl groups is 1. The summed E-state index contributed by atoms with van der Waals surface area (Å²) in [5.74, 6) is 0.173. The zero-order chi connectivity index (χ0) is 9.68. The van der Waals surface area contributed by atoms with Crippen LogP contribution in [0.2, 0.25) is 0 Å². The van der Waals surface area contributed by atoms with Crippen molar-refractivity contribution < 1.29 is 9.84 Å². The molecule has 0 fully saturated rings. The molecule has 1 aromatic carbocycles. The predicted molar refractivity (Wildman–Crippen MR) is 58.1 cm³/mol. The normalized spacial score (nSPS) is 9.00. The lowest BCUT2D eigenvalue weighted by molar-refractivity contribution is 0.282. The molecule has 4 heteroatoms. The SMILES string of the molecule is CCOC(=N)c1ccc(CO)cc1.Cl. The van der Waals surface area contributed by atoms with Gasteiger partial charge < -0.3 is 9.84 Å². The first-order valence-corrected chi connectivity index (χ1v) is 4.19. The van der Waals surface area contributed by atoms with E-state index < -0.39 is 0 Å². The van der Waals surface area contributed by atoms with Crippen LogP contribution < -0.4 is 0 Å². The number of benzene rings is 1. The number of hydrogen-bond donors (Lipinski definition) is 2. The first kappa shape index (κ1) is 12.9. The fourth-order valence-electron chi connectivity index (χ4n) is 0.989. The third-order valence-electron chi connectivity index (χ3n) is 1.69. The standard InChI is InChI=1S/C10H13NO2.ClH/c1-2-13-10(11)9-5-3-8(7-12)4-6-9;/h3-6,11-12H,2,7H2,1H3;1H. The maximum atomic E-state index is 8.79. The van der Waals surface area contributed by atoms with Gasteiger partial charge in [0.1, 0.15) is 0 Å². The van der Waals surface area contributed by atoms with Gasteiger partial charge in [0, 0.05) is 5.56 Å². The molecular weight excluding hydrogens is 202 g/mol. The van der Waals surface area contributed by atoms with Gasteiger partial charge in [0.05, 0.1) is 13.2 Å². The number of ether oxygens (including phenoxy) is 1. The van der Waals surface area contributed by atoms with E-state index in [4.69, 9.17) is 15.3 Å². The van der Waals surface area contributed by atoms with Crippen molar-refractivity contribution in [2.45, 2.75) is 13.5 Å². The van der Waals surface area contributed by atoms with Crippen molar-refractivity contribution in [1.82, 2.24) is 0 Å². The Morgan fingerprint density at radius 2 is 1.93 bits per heavy atom. The van der Waals surface area contributed by atoms with Crippen molar-refractivity contribution in [2.24, 2.45) is 0 Å². The number of nitrogens with one attached hydrogen (secondary N) is 1. The van der Waals surface area contributed by atoms with Crippen molar-refractivity contribution in [3.05, 3.63) is 35.4 Å². The molecule has 0 saturated carbocycles. The summed E-state index contributed by atoms with van der Waals surface area (Å²) in [6.45, 7) is 2.37. The second-order valence-electron chi connectivity index (χ2n) is 2.62. The highest BCUT2D eigenvalue weighted by Crippen LogP contribution is 2.05. The van der Waals surface area contributed by atoms with Crippen LogP contribution in [-0.2, 0) is 11.3 Å². The molecule has 0 bridgehead atoms. The first-order valence-electron chi connectivity index (χ1n) is 4.19. The summed E-state index contributed by atoms with van der Waals surface area (Å²) in [6.07, 6.45) is 0. The van der Waals surface area contributed by atoms with Gasteiger partial charge in [-0.25, -0.2) is 0 Å². The lowest BCUT2D eigenvalue weighted by atomic mass is 10.1. The molecule has 0 spiro atoms. The van der Waals surface area contributed by atoms with Crippen LogP contribution >= 0.6 is 12.4 Å². The van der Waals surface area contributed by atoms with Crippen molar-refractivity contribution >= 4 is 18.3 Å². The van der Waals surface area contributed by atoms with Crippen LogP contribution in [0, 0.1) is 5.41 Å². The fourth-order valence-corrected chi connectivity index (χ4v) is 0.989. The number of aliphatic hydroxyl groups excluding tert-OH is 1. The van der Waals surface area contributed by atoms with Gasteiger partial charge in [-0.1, -0.05) is 12.1 Å². The molecule has 78 valence electrons. The molecule has 0 amide bonds. The topological polar surface area (TPSA) is 53.3 Å². The van der Waals surface area contributed by atoms with Crippen LogP contribution in [-0.4, -0.2) is 17.6 Å². The van der Waals surface area contributed by atoms with Gasteiger partial charge in [-0.3, -0.25) is 5.41 Å². The van der Waals surface area contributed by atoms with Crippen LogP contribution in [0.4, 0.5) is 0 Å². The highest BCUT2D eigenvalue weighted by Gasteiger charge is 2.00. The zero-order valence-corrected chi connectivity index (χ0v) is 8.80. The van der Waals surface area contributed by atoms with Crippen LogP contribution in [0.5, 0.6) is 0 Å². The molecule has 1 aromatic rings. The molecule has 0 atom stereocenters. The number of halogens is 1. The average Bonchev–Trinajstić information content (AvgIpc) is 2.18. The van der Waals surface area contributed by atoms with Crippen molar-refractivity contribution in [3.8, 4) is 0 Å². The summed E-state index contributed by atoms with van der Waals surface area (Å²) in [5.41, 5.74) is 1.58. The first-order chi connectivity index (χ1) is 6.27. The summed E-state index contributed by atoms with van der Waals surface area (Å²) < 4.78 is 5.02. The minimum Gasteiger partial charge on any atom is -0.478 e. The van der Waals surface area contributed by atoms with Gasteiger partial charge in [-0.15, -0.1) is 12.4 Å². The van der Waals surface area contributed by atoms with E-state index in [1.54, 1.807) is 24.3 Å². The van der Waals surface area contributed by atoms with Crippen molar-refractivity contribution in [1.29, 1.82) is 5.41 Å². The monoisotopic (exact) mass is 215 g/mol. The van der Waals surface area contributed by atoms with E-state index in [2.05, 4.69) is 0 Å². The summed E-state index contributed by atoms with van der Waals surface area (Å²) >= 11 is 0. The molecule has 1 rings (SSSR count). The molecule has 0 aromatic heterocycles. The summed E-state index contributed by atoms with van der Waals surface area (Å²) in [7, 11) is 0. The van der Waals surface area contributed by atoms with Gasteiger partial charge in [-0.2, -0.15) is 0 Å². The van der Waals surface area contributed by atoms with E-state index >= 15 is 0 Å². The van der Waals surface area contributed by atoms with E-state index in [0.29, 0.717) is 6.61 Å². The van der Waals surface area contributed by atoms with Crippen LogP contribution in [0.1, 0.15) is 18.1 Å². The second kappa shape index (κ2) is 6.40. The zero-order valence-electron chi connectivity index (χ0n) is 7.99. The van der Waals surface area contributed by atoms with Gasteiger partial charge in [-0.05, 0) is 24.6 Å². The highest BCUT2D eigenvalue weighted by molar-refractivity contribution is 5.91. The maximum absolute atomic E-state index is 8.79. The predicted octanol–water partition coefficient (Wildman–Crippen LogP) is 1.96. The molecule has 3 nitrogen and oxygen atoms in total. The molecule has 0 aliphatic heterocycles. The van der Waals surface area contributed by atoms with E-state index in [0.717, 1.165) is 11.1 Å². The Labute approximate surface area is 89.6 Å². The second-order valence-corrected chi connectivity index (χ2v) is 2.62. The number of hydrogen-bond acceptors (Lipinski definition) is 3. The highest BCUT2D eigenvalue weighted by atomic mass is 35.5.